The Morgan fingerprint density at radius 1 is 0.352 bits per heavy atom. The van der Waals surface area contributed by atoms with Crippen molar-refractivity contribution in [3.8, 4) is 154 Å². The van der Waals surface area contributed by atoms with Crippen molar-refractivity contribution in [1.82, 2.24) is 99.6 Å². The molecule has 0 unspecified atom stereocenters. The minimum Gasteiger partial charge on any atom is -0.504 e. The Hall–Kier alpha value is -17.6. The van der Waals surface area contributed by atoms with Gasteiger partial charge in [-0.1, -0.05) is 115 Å². The van der Waals surface area contributed by atoms with Crippen LogP contribution in [0.25, 0.3) is 169 Å². The number of H-pyrrole nitrogens is 7. The molecule has 0 radical (unpaired) electrons. The normalized spacial score (nSPS) is 11.0. The monoisotopic (exact) mass is 1730 g/mol. The highest BCUT2D eigenvalue weighted by Crippen LogP contribution is 2.43. The predicted octanol–water partition coefficient (Wildman–Crippen LogP) is 14.7. The molecule has 0 bridgehead atoms. The van der Waals surface area contributed by atoms with Crippen LogP contribution in [0.15, 0.2) is 231 Å². The fraction of sp³-hybridized carbons (Fsp3) is 0.0870. The third kappa shape index (κ3) is 17.1. The molecule has 0 saturated heterocycles. The topological polar surface area (TPSA) is 524 Å². The van der Waals surface area contributed by atoms with Crippen LogP contribution in [0.3, 0.4) is 0 Å². The van der Waals surface area contributed by atoms with Crippen LogP contribution in [-0.2, 0) is 21.1 Å². The molecule has 10 heterocycles. The van der Waals surface area contributed by atoms with Crippen molar-refractivity contribution in [2.45, 2.75) is 6.92 Å². The Kier molecular flexibility index (Phi) is 23.5. The molecular formula is C92H79ClN24O11. The fourth-order valence-electron chi connectivity index (χ4n) is 14.3. The molecule has 20 rings (SSSR count). The van der Waals surface area contributed by atoms with Crippen LogP contribution in [0.2, 0.25) is 5.02 Å². The molecule has 0 aliphatic heterocycles. The number of benzene rings is 10. The van der Waals surface area contributed by atoms with Crippen LogP contribution >= 0.6 is 11.6 Å². The smallest absolute Gasteiger partial charge is 0.248 e. The second kappa shape index (κ2) is 35.8. The van der Waals surface area contributed by atoms with Gasteiger partial charge in [-0.2, -0.15) is 25.5 Å². The Bertz CT molecular complexity index is 7530. The average Bonchev–Trinajstić information content (AvgIpc) is 1.71. The standard InChI is InChI=1S/C20H20N4O2.C19H17N5O2.C18H15N5O3.C18H15N5O2.C17H12ClN5O2/c1-4-26-14-10-11-15-16(12-14)22-20(21-15)18-19(25-3)17(23-24(18)2)13-8-6-5-7-9-13;1-24-16(17(26-2)15(23-24)11-6-4-3-5-7-11)19-21-13-9-8-12(18(20)25)10-14(13)22-19;1-26-11-5-2-9(3-6-11)14-16(24)15(23-22-14)18-20-12-7-4-10(17(19)25)8-13(12)21-18;1-23-15(16(24)14(22-23)10-5-3-2-4-6-10)18-20-12-8-7-11(17(19)25)9-13(12)21-18;18-10-4-1-8(2-5-10)13-15(24)14(23-22-13)17-20-11-6-3-9(16(19)25)7-12(11)21-17/h5-12H,4H2,1-3H3,(H,21,22);3-10H,1-2H3,(H2,20,25)(H,21,22);2-8,24H,1H3,(H2,19,25)(H,20,21)(H,22,23);2-9,24H,1H3,(H2,19,25)(H,20,21);1-7,24H,(H2,19,25)(H,20,21)(H,22,23). The van der Waals surface area contributed by atoms with E-state index in [4.69, 9.17) is 58.5 Å². The number of fused-ring (bicyclic) bond motifs is 5. The minimum atomic E-state index is -0.521. The number of halogens is 1. The second-order valence-electron chi connectivity index (χ2n) is 28.7. The lowest BCUT2D eigenvalue weighted by atomic mass is 10.1. The Morgan fingerprint density at radius 2 is 0.656 bits per heavy atom. The van der Waals surface area contributed by atoms with Gasteiger partial charge in [0.15, 0.2) is 57.9 Å². The summed E-state index contributed by atoms with van der Waals surface area (Å²) in [6.07, 6.45) is 0. The maximum atomic E-state index is 11.4. The summed E-state index contributed by atoms with van der Waals surface area (Å²) in [6.45, 7) is 2.59. The largest absolute Gasteiger partial charge is 0.504 e. The zero-order valence-corrected chi connectivity index (χ0v) is 70.0. The van der Waals surface area contributed by atoms with Gasteiger partial charge in [-0.05, 0) is 128 Å². The molecule has 20 aromatic rings. The van der Waals surface area contributed by atoms with Crippen molar-refractivity contribution in [2.24, 2.45) is 44.1 Å². The van der Waals surface area contributed by atoms with E-state index in [1.54, 1.807) is 164 Å². The molecule has 0 spiro atoms. The number of hydrogen-bond donors (Lipinski definition) is 14. The number of imidazole rings is 5. The van der Waals surface area contributed by atoms with E-state index >= 15 is 0 Å². The number of nitrogens with two attached hydrogens (primary N) is 4. The second-order valence-corrected chi connectivity index (χ2v) is 29.2. The van der Waals surface area contributed by atoms with Gasteiger partial charge in [0.05, 0.1) is 83.1 Å². The average molecular weight is 1730 g/mol. The van der Waals surface area contributed by atoms with E-state index in [0.29, 0.717) is 148 Å². The zero-order valence-electron chi connectivity index (χ0n) is 69.3. The van der Waals surface area contributed by atoms with Crippen LogP contribution < -0.4 is 41.9 Å². The van der Waals surface area contributed by atoms with Gasteiger partial charge in [-0.25, -0.2) is 24.9 Å². The first kappa shape index (κ1) is 84.0. The number of nitrogens with zero attached hydrogens (tertiary/aromatic N) is 13. The van der Waals surface area contributed by atoms with E-state index in [9.17, 15) is 34.5 Å². The fourth-order valence-corrected chi connectivity index (χ4v) is 14.4. The van der Waals surface area contributed by atoms with Gasteiger partial charge < -0.3 is 82.1 Å². The van der Waals surface area contributed by atoms with Crippen LogP contribution in [-0.4, -0.2) is 166 Å². The van der Waals surface area contributed by atoms with Gasteiger partial charge in [0.25, 0.3) is 0 Å². The Balaban J connectivity index is 0.000000117. The van der Waals surface area contributed by atoms with Crippen molar-refractivity contribution in [1.29, 1.82) is 0 Å². The summed E-state index contributed by atoms with van der Waals surface area (Å²) >= 11 is 5.88. The quantitative estimate of drug-likeness (QED) is 0.0357. The molecule has 36 heteroatoms. The van der Waals surface area contributed by atoms with E-state index in [2.05, 4.69) is 80.5 Å². The number of aromatic hydroxyl groups is 3. The Labute approximate surface area is 730 Å². The van der Waals surface area contributed by atoms with Gasteiger partial charge in [-0.3, -0.25) is 43.4 Å². The summed E-state index contributed by atoms with van der Waals surface area (Å²) in [4.78, 5) is 83.7. The molecule has 0 aliphatic rings. The number of hydrogen-bond acceptors (Lipinski definition) is 21. The first-order valence-corrected chi connectivity index (χ1v) is 39.7. The number of ether oxygens (including phenoxy) is 4. The number of carbonyl (C=O) groups excluding carboxylic acids is 4. The number of primary amides is 4. The first-order chi connectivity index (χ1) is 61.9. The molecule has 640 valence electrons. The SMILES string of the molecule is CCOc1ccc2nc(-c3c(OC)c(-c4ccccc4)nn3C)[nH]c2c1.COc1c(-c2ccccc2)nn(C)c1-c1nc2ccc(C(N)=O)cc2[nH]1.COc1ccc(-c2n[nH]c(-c3nc4ccc(C(N)=O)cc4[nH]3)c2O)cc1.Cn1nc(-c2ccccc2)c(O)c1-c1nc2ccc(C(N)=O)cc2[nH]1.NC(=O)c1ccc2nc(-c3[nH]nc(-c4ccc(Cl)cc4)c3O)[nH]c2c1. The molecule has 0 aliphatic carbocycles. The van der Waals surface area contributed by atoms with E-state index < -0.39 is 23.6 Å². The van der Waals surface area contributed by atoms with E-state index in [-0.39, 0.29) is 17.2 Å². The van der Waals surface area contributed by atoms with E-state index in [1.807, 2.05) is 130 Å². The van der Waals surface area contributed by atoms with Gasteiger partial charge in [-0.15, -0.1) is 0 Å². The molecule has 10 aromatic carbocycles. The summed E-state index contributed by atoms with van der Waals surface area (Å²) in [5.41, 5.74) is 39.7. The minimum absolute atomic E-state index is 0.0238. The Morgan fingerprint density at radius 3 is 1.02 bits per heavy atom. The number of aryl methyl sites for hydroxylation is 3. The molecule has 10 aromatic heterocycles. The first-order valence-electron chi connectivity index (χ1n) is 39.3. The summed E-state index contributed by atoms with van der Waals surface area (Å²) in [6, 6.07) is 69.1. The van der Waals surface area contributed by atoms with E-state index in [1.165, 1.54) is 0 Å². The number of nitrogens with one attached hydrogen (secondary N) is 7. The van der Waals surface area contributed by atoms with Crippen molar-refractivity contribution in [3.05, 3.63) is 258 Å². The van der Waals surface area contributed by atoms with Gasteiger partial charge in [0, 0.05) is 82.3 Å². The lowest BCUT2D eigenvalue weighted by molar-refractivity contribution is 0.0992. The highest BCUT2D eigenvalue weighted by molar-refractivity contribution is 6.30. The number of aromatic amines is 7. The van der Waals surface area contributed by atoms with Crippen molar-refractivity contribution >= 4 is 90.4 Å². The maximum Gasteiger partial charge on any atom is 0.248 e. The van der Waals surface area contributed by atoms with Crippen LogP contribution in [0, 0.1) is 0 Å². The number of amides is 4. The lowest BCUT2D eigenvalue weighted by Crippen LogP contribution is -2.10. The molecule has 0 atom stereocenters. The third-order valence-electron chi connectivity index (χ3n) is 20.5. The lowest BCUT2D eigenvalue weighted by Gasteiger charge is -2.03. The third-order valence-corrected chi connectivity index (χ3v) is 20.8. The zero-order chi connectivity index (χ0) is 89.7. The molecule has 18 N–H and O–H groups in total. The number of aromatic nitrogens is 20. The highest BCUT2D eigenvalue weighted by atomic mass is 35.5. The number of carbonyl (C=O) groups is 4. The summed E-state index contributed by atoms with van der Waals surface area (Å²) < 4.78 is 27.1. The van der Waals surface area contributed by atoms with Gasteiger partial charge in [0.2, 0.25) is 23.6 Å². The molecule has 0 saturated carbocycles. The van der Waals surface area contributed by atoms with Crippen LogP contribution in [0.1, 0.15) is 48.4 Å². The molecular weight excluding hydrogens is 1650 g/mol. The van der Waals surface area contributed by atoms with Gasteiger partial charge >= 0.3 is 0 Å². The van der Waals surface area contributed by atoms with Crippen molar-refractivity contribution in [2.75, 3.05) is 27.9 Å². The van der Waals surface area contributed by atoms with Crippen LogP contribution in [0.4, 0.5) is 0 Å². The summed E-state index contributed by atoms with van der Waals surface area (Å²) in [7, 11) is 10.3. The maximum absolute atomic E-state index is 11.4. The number of rotatable bonds is 19. The predicted molar refractivity (Wildman–Crippen MR) is 484 cm³/mol. The molecule has 4 amide bonds. The summed E-state index contributed by atoms with van der Waals surface area (Å²) in [5.74, 6) is 3.42. The molecule has 0 fully saturated rings. The van der Waals surface area contributed by atoms with Crippen LogP contribution in [0.5, 0.6) is 40.2 Å². The highest BCUT2D eigenvalue weighted by Gasteiger charge is 2.28. The molecule has 128 heavy (non-hydrogen) atoms. The van der Waals surface area contributed by atoms with Crippen molar-refractivity contribution in [3.63, 3.8) is 0 Å². The number of methoxy groups -OCH3 is 3. The van der Waals surface area contributed by atoms with Crippen molar-refractivity contribution < 1.29 is 53.4 Å². The van der Waals surface area contributed by atoms with Gasteiger partial charge in [0.1, 0.15) is 68.4 Å². The molecule has 35 nitrogen and oxygen atoms in total. The summed E-state index contributed by atoms with van der Waals surface area (Å²) in [5, 5.41) is 59.9. The van der Waals surface area contributed by atoms with E-state index in [0.717, 1.165) is 78.4 Å².